The van der Waals surface area contributed by atoms with Gasteiger partial charge >= 0.3 is 5.51 Å². The highest BCUT2D eigenvalue weighted by atomic mass is 32.2. The molecule has 2 heterocycles. The zero-order valence-electron chi connectivity index (χ0n) is 16.9. The van der Waals surface area contributed by atoms with Gasteiger partial charge in [0.25, 0.3) is 15.4 Å². The molecule has 166 valence electrons. The van der Waals surface area contributed by atoms with Crippen molar-refractivity contribution in [3.63, 3.8) is 0 Å². The van der Waals surface area contributed by atoms with Crippen molar-refractivity contribution >= 4 is 15.7 Å². The van der Waals surface area contributed by atoms with Crippen LogP contribution >= 0.6 is 0 Å². The van der Waals surface area contributed by atoms with Gasteiger partial charge in [-0.3, -0.25) is 9.59 Å². The number of carbonyl (C=O) groups is 1. The first-order valence-electron chi connectivity index (χ1n) is 9.77. The van der Waals surface area contributed by atoms with Crippen molar-refractivity contribution in [2.75, 3.05) is 0 Å². The summed E-state index contributed by atoms with van der Waals surface area (Å²) < 4.78 is 62.5. The van der Waals surface area contributed by atoms with Gasteiger partial charge in [-0.25, -0.2) is 8.42 Å². The zero-order valence-corrected chi connectivity index (χ0v) is 17.8. The predicted molar refractivity (Wildman–Crippen MR) is 106 cm³/mol. The number of halogens is 3. The Morgan fingerprint density at radius 1 is 1.16 bits per heavy atom. The van der Waals surface area contributed by atoms with E-state index in [0.29, 0.717) is 19.5 Å². The molecule has 0 bridgehead atoms. The Balaban J connectivity index is 1.40. The molecule has 10 heteroatoms. The molecule has 2 unspecified atom stereocenters. The monoisotopic (exact) mass is 454 g/mol. The lowest BCUT2D eigenvalue weighted by Crippen LogP contribution is -2.26. The molecule has 1 fully saturated rings. The Kier molecular flexibility index (Phi) is 5.03. The van der Waals surface area contributed by atoms with Crippen LogP contribution in [0.25, 0.3) is 0 Å². The van der Waals surface area contributed by atoms with E-state index in [4.69, 9.17) is 0 Å². The first kappa shape index (κ1) is 21.6. The van der Waals surface area contributed by atoms with Crippen LogP contribution in [0.3, 0.4) is 0 Å². The second-order valence-electron chi connectivity index (χ2n) is 8.22. The van der Waals surface area contributed by atoms with Gasteiger partial charge in [0.2, 0.25) is 5.91 Å². The number of hydrogen-bond donors (Lipinski definition) is 0. The van der Waals surface area contributed by atoms with Gasteiger partial charge in [0.15, 0.2) is 0 Å². The molecule has 2 aromatic rings. The first-order valence-corrected chi connectivity index (χ1v) is 11.3. The SMILES string of the molecule is Cc1cc(=O)n(C)c2c1CN(C(=O)CC1CC1c1ccc(S(=O)(=O)C(F)(F)F)cc1)C2. The molecule has 1 aliphatic heterocycles. The molecule has 1 aromatic heterocycles. The number of carbonyl (C=O) groups excluding carboxylic acids is 1. The summed E-state index contributed by atoms with van der Waals surface area (Å²) in [6.45, 7) is 2.69. The van der Waals surface area contributed by atoms with Crippen LogP contribution in [-0.2, 0) is 34.8 Å². The summed E-state index contributed by atoms with van der Waals surface area (Å²) in [4.78, 5) is 25.7. The molecule has 2 aliphatic rings. The highest BCUT2D eigenvalue weighted by Gasteiger charge is 2.47. The van der Waals surface area contributed by atoms with Crippen molar-refractivity contribution in [2.45, 2.75) is 49.2 Å². The van der Waals surface area contributed by atoms with Gasteiger partial charge in [0.05, 0.1) is 11.4 Å². The Bertz CT molecular complexity index is 1220. The molecule has 2 atom stereocenters. The third kappa shape index (κ3) is 3.77. The maximum Gasteiger partial charge on any atom is 0.501 e. The molecule has 6 nitrogen and oxygen atoms in total. The van der Waals surface area contributed by atoms with Crippen LogP contribution in [0.1, 0.15) is 41.1 Å². The van der Waals surface area contributed by atoms with Crippen LogP contribution in [0.4, 0.5) is 13.2 Å². The molecule has 0 N–H and O–H groups in total. The van der Waals surface area contributed by atoms with E-state index in [2.05, 4.69) is 0 Å². The van der Waals surface area contributed by atoms with Crippen LogP contribution < -0.4 is 5.56 Å². The summed E-state index contributed by atoms with van der Waals surface area (Å²) in [6, 6.07) is 6.27. The third-order valence-corrected chi connectivity index (χ3v) is 7.73. The Labute approximate surface area is 177 Å². The summed E-state index contributed by atoms with van der Waals surface area (Å²) in [5.74, 6) is 0.0423. The van der Waals surface area contributed by atoms with E-state index in [1.54, 1.807) is 22.6 Å². The molecule has 1 amide bonds. The second-order valence-corrected chi connectivity index (χ2v) is 10.2. The molecule has 1 aromatic carbocycles. The smallest absolute Gasteiger partial charge is 0.332 e. The maximum atomic E-state index is 12.8. The minimum atomic E-state index is -5.36. The van der Waals surface area contributed by atoms with Crippen molar-refractivity contribution in [1.29, 1.82) is 0 Å². The lowest BCUT2D eigenvalue weighted by atomic mass is 10.1. The fraction of sp³-hybridized carbons (Fsp3) is 0.429. The van der Waals surface area contributed by atoms with Gasteiger partial charge in [0.1, 0.15) is 0 Å². The van der Waals surface area contributed by atoms with Gasteiger partial charge in [-0.05, 0) is 54.0 Å². The van der Waals surface area contributed by atoms with Gasteiger partial charge in [-0.15, -0.1) is 0 Å². The first-order chi connectivity index (χ1) is 14.4. The van der Waals surface area contributed by atoms with Crippen molar-refractivity contribution in [3.05, 3.63) is 63.1 Å². The Morgan fingerprint density at radius 2 is 1.81 bits per heavy atom. The number of hydrogen-bond acceptors (Lipinski definition) is 4. The molecule has 1 saturated carbocycles. The normalized spacial score (nSPS) is 20.6. The minimum Gasteiger partial charge on any atom is -0.332 e. The number of benzene rings is 1. The number of alkyl halides is 3. The molecular weight excluding hydrogens is 433 g/mol. The predicted octanol–water partition coefficient (Wildman–Crippen LogP) is 3.02. The molecule has 0 radical (unpaired) electrons. The topological polar surface area (TPSA) is 76.5 Å². The highest BCUT2D eigenvalue weighted by Crippen LogP contribution is 2.50. The van der Waals surface area contributed by atoms with Gasteiger partial charge in [-0.1, -0.05) is 12.1 Å². The number of rotatable bonds is 4. The second kappa shape index (κ2) is 7.22. The van der Waals surface area contributed by atoms with Crippen LogP contribution in [0.15, 0.2) is 40.0 Å². The summed E-state index contributed by atoms with van der Waals surface area (Å²) in [5, 5.41) is 0. The fourth-order valence-corrected chi connectivity index (χ4v) is 4.98. The van der Waals surface area contributed by atoms with E-state index in [-0.39, 0.29) is 23.3 Å². The number of fused-ring (bicyclic) bond motifs is 1. The summed E-state index contributed by atoms with van der Waals surface area (Å²) in [7, 11) is -3.67. The lowest BCUT2D eigenvalue weighted by molar-refractivity contribution is -0.132. The largest absolute Gasteiger partial charge is 0.501 e. The average Bonchev–Trinajstić information content (AvgIpc) is 3.30. The van der Waals surface area contributed by atoms with Crippen molar-refractivity contribution in [1.82, 2.24) is 9.47 Å². The van der Waals surface area contributed by atoms with E-state index in [9.17, 15) is 31.2 Å². The van der Waals surface area contributed by atoms with Crippen molar-refractivity contribution in [2.24, 2.45) is 13.0 Å². The molecule has 31 heavy (non-hydrogen) atoms. The minimum absolute atomic E-state index is 0.0164. The average molecular weight is 454 g/mol. The Morgan fingerprint density at radius 3 is 2.42 bits per heavy atom. The highest BCUT2D eigenvalue weighted by molar-refractivity contribution is 7.92. The summed E-state index contributed by atoms with van der Waals surface area (Å²) in [5.41, 5.74) is -2.02. The zero-order chi connectivity index (χ0) is 22.7. The molecule has 0 saturated heterocycles. The van der Waals surface area contributed by atoms with Crippen LogP contribution in [0, 0.1) is 12.8 Å². The summed E-state index contributed by atoms with van der Waals surface area (Å²) in [6.07, 6.45) is 1.02. The van der Waals surface area contributed by atoms with Crippen molar-refractivity contribution < 1.29 is 26.4 Å². The van der Waals surface area contributed by atoms with Crippen LogP contribution in [0.2, 0.25) is 0 Å². The van der Waals surface area contributed by atoms with E-state index < -0.39 is 20.2 Å². The van der Waals surface area contributed by atoms with Gasteiger partial charge in [0, 0.05) is 31.8 Å². The standard InChI is InChI=1S/C21H21F3N2O4S/c1-12-7-19(27)25(2)18-11-26(10-17(12)18)20(28)9-14-8-16(14)13-3-5-15(6-4-13)31(29,30)21(22,23)24/h3-7,14,16H,8-11H2,1-2H3. The molecule has 1 aliphatic carbocycles. The van der Waals surface area contributed by atoms with Crippen LogP contribution in [-0.4, -0.2) is 29.3 Å². The quantitative estimate of drug-likeness (QED) is 0.712. The third-order valence-electron chi connectivity index (χ3n) is 6.22. The summed E-state index contributed by atoms with van der Waals surface area (Å²) >= 11 is 0. The molecule has 0 spiro atoms. The van der Waals surface area contributed by atoms with E-state index >= 15 is 0 Å². The van der Waals surface area contributed by atoms with E-state index in [1.165, 1.54) is 12.1 Å². The fourth-order valence-electron chi connectivity index (χ4n) is 4.22. The number of nitrogens with zero attached hydrogens (tertiary/aromatic N) is 2. The van der Waals surface area contributed by atoms with Crippen molar-refractivity contribution in [3.8, 4) is 0 Å². The van der Waals surface area contributed by atoms with Gasteiger partial charge in [-0.2, -0.15) is 13.2 Å². The number of aryl methyl sites for hydroxylation is 1. The molecule has 4 rings (SSSR count). The number of aromatic nitrogens is 1. The number of pyridine rings is 1. The molecular formula is C21H21F3N2O4S. The van der Waals surface area contributed by atoms with E-state index in [0.717, 1.165) is 40.9 Å². The number of sulfone groups is 1. The maximum absolute atomic E-state index is 12.8. The van der Waals surface area contributed by atoms with Gasteiger partial charge < -0.3 is 9.47 Å². The van der Waals surface area contributed by atoms with Crippen LogP contribution in [0.5, 0.6) is 0 Å². The number of amides is 1. The Hall–Kier alpha value is -2.62. The van der Waals surface area contributed by atoms with E-state index in [1.807, 2.05) is 6.92 Å². The lowest BCUT2D eigenvalue weighted by Gasteiger charge is -2.15.